The Morgan fingerprint density at radius 2 is 1.30 bits per heavy atom. The molecule has 44 heavy (non-hydrogen) atoms. The van der Waals surface area contributed by atoms with Gasteiger partial charge < -0.3 is 4.57 Å². The third-order valence-corrected chi connectivity index (χ3v) is 8.24. The number of aromatic nitrogens is 2. The second-order valence-electron chi connectivity index (χ2n) is 10.7. The molecule has 0 unspecified atom stereocenters. The molecule has 1 aliphatic rings. The van der Waals surface area contributed by atoms with Crippen molar-refractivity contribution in [3.05, 3.63) is 150 Å². The quantitative estimate of drug-likeness (QED) is 0.201. The molecule has 0 aliphatic carbocycles. The van der Waals surface area contributed by atoms with E-state index in [0.29, 0.717) is 28.1 Å². The van der Waals surface area contributed by atoms with Gasteiger partial charge in [0.25, 0.3) is 11.8 Å². The summed E-state index contributed by atoms with van der Waals surface area (Å²) in [6.07, 6.45) is 3.27. The molecule has 6 nitrogen and oxygen atoms in total. The molecule has 0 radical (unpaired) electrons. The van der Waals surface area contributed by atoms with Crippen LogP contribution in [-0.2, 0) is 0 Å². The Kier molecular flexibility index (Phi) is 5.71. The zero-order valence-corrected chi connectivity index (χ0v) is 23.3. The monoisotopic (exact) mass is 566 g/mol. The van der Waals surface area contributed by atoms with Crippen molar-refractivity contribution in [2.75, 3.05) is 4.90 Å². The smallest absolute Gasteiger partial charge is 0.268 e. The lowest BCUT2D eigenvalue weighted by molar-refractivity contribution is 0.0926. The van der Waals surface area contributed by atoms with Crippen LogP contribution >= 0.6 is 0 Å². The number of para-hydroxylation sites is 2. The molecular formula is C38H22N4O2. The molecule has 0 spiro atoms. The molecule has 0 atom stereocenters. The van der Waals surface area contributed by atoms with Gasteiger partial charge in [0, 0.05) is 34.3 Å². The van der Waals surface area contributed by atoms with E-state index in [9.17, 15) is 14.9 Å². The lowest BCUT2D eigenvalue weighted by atomic mass is 10.0. The number of carbonyl (C=O) groups excluding carboxylic acids is 2. The number of anilines is 1. The number of nitriles is 1. The maximum atomic E-state index is 14.4. The first-order valence-corrected chi connectivity index (χ1v) is 14.2. The van der Waals surface area contributed by atoms with Crippen molar-refractivity contribution in [1.29, 1.82) is 5.26 Å². The molecule has 6 heteroatoms. The number of rotatable bonds is 4. The van der Waals surface area contributed by atoms with Crippen molar-refractivity contribution in [3.8, 4) is 34.0 Å². The van der Waals surface area contributed by atoms with Gasteiger partial charge in [0.2, 0.25) is 0 Å². The van der Waals surface area contributed by atoms with E-state index in [1.54, 1.807) is 12.3 Å². The molecule has 8 rings (SSSR count). The standard InChI is InChI=1S/C38H22N4O2/c39-21-24-19-27(23-40-22-24)26-17-18-30-29-12-5-7-15-33(29)41(35(30)20-26)34-16-8-13-31-36(34)38(44)42(37(31)43)32-14-6-4-11-28(32)25-9-2-1-3-10-25/h1-20,22-23H. The van der Waals surface area contributed by atoms with E-state index in [1.807, 2.05) is 97.1 Å². The van der Waals surface area contributed by atoms with Gasteiger partial charge in [-0.15, -0.1) is 0 Å². The predicted molar refractivity (Wildman–Crippen MR) is 172 cm³/mol. The highest BCUT2D eigenvalue weighted by Gasteiger charge is 2.40. The maximum absolute atomic E-state index is 14.4. The van der Waals surface area contributed by atoms with E-state index in [0.717, 1.165) is 44.1 Å². The Labute approximate surface area is 252 Å². The number of hydrogen-bond acceptors (Lipinski definition) is 4. The van der Waals surface area contributed by atoms with Crippen molar-refractivity contribution in [1.82, 2.24) is 9.55 Å². The highest BCUT2D eigenvalue weighted by Crippen LogP contribution is 2.41. The summed E-state index contributed by atoms with van der Waals surface area (Å²) in [6.45, 7) is 0. The summed E-state index contributed by atoms with van der Waals surface area (Å²) in [4.78, 5) is 33.9. The average molecular weight is 567 g/mol. The van der Waals surface area contributed by atoms with Gasteiger partial charge in [-0.05, 0) is 47.5 Å². The lowest BCUT2D eigenvalue weighted by Gasteiger charge is -2.18. The van der Waals surface area contributed by atoms with E-state index in [4.69, 9.17) is 0 Å². The number of benzene rings is 5. The summed E-state index contributed by atoms with van der Waals surface area (Å²) < 4.78 is 2.06. The third kappa shape index (κ3) is 3.77. The van der Waals surface area contributed by atoms with Crippen LogP contribution in [0.5, 0.6) is 0 Å². The Hall–Kier alpha value is -6.32. The number of nitrogens with zero attached hydrogens (tertiary/aromatic N) is 4. The van der Waals surface area contributed by atoms with Crippen LogP contribution in [0.15, 0.2) is 134 Å². The van der Waals surface area contributed by atoms with Gasteiger partial charge in [0.05, 0.1) is 39.1 Å². The molecule has 2 aromatic heterocycles. The van der Waals surface area contributed by atoms with Crippen LogP contribution in [0, 0.1) is 11.3 Å². The van der Waals surface area contributed by atoms with E-state index < -0.39 is 0 Å². The largest absolute Gasteiger partial charge is 0.308 e. The Morgan fingerprint density at radius 1 is 0.568 bits per heavy atom. The SMILES string of the molecule is N#Cc1cncc(-c2ccc3c4ccccc4n(-c4cccc5c4C(=O)N(c4ccccc4-c4ccccc4)C5=O)c3c2)c1. The van der Waals surface area contributed by atoms with Crippen molar-refractivity contribution in [3.63, 3.8) is 0 Å². The molecule has 7 aromatic rings. The minimum atomic E-state index is -0.364. The minimum absolute atomic E-state index is 0.351. The summed E-state index contributed by atoms with van der Waals surface area (Å²) in [5.41, 5.74) is 7.61. The van der Waals surface area contributed by atoms with E-state index in [1.165, 1.54) is 11.1 Å². The first-order valence-electron chi connectivity index (χ1n) is 14.2. The molecule has 0 saturated carbocycles. The van der Waals surface area contributed by atoms with Crippen molar-refractivity contribution < 1.29 is 9.59 Å². The van der Waals surface area contributed by atoms with E-state index in [2.05, 4.69) is 33.8 Å². The predicted octanol–water partition coefficient (Wildman–Crippen LogP) is 8.18. The summed E-state index contributed by atoms with van der Waals surface area (Å²) >= 11 is 0. The van der Waals surface area contributed by atoms with Gasteiger partial charge in [-0.2, -0.15) is 5.26 Å². The van der Waals surface area contributed by atoms with Crippen LogP contribution in [0.4, 0.5) is 5.69 Å². The molecule has 3 heterocycles. The molecule has 0 bridgehead atoms. The van der Waals surface area contributed by atoms with Crippen molar-refractivity contribution >= 4 is 39.3 Å². The Bertz CT molecular complexity index is 2350. The van der Waals surface area contributed by atoms with Crippen molar-refractivity contribution in [2.45, 2.75) is 0 Å². The first kappa shape index (κ1) is 25.4. The van der Waals surface area contributed by atoms with Gasteiger partial charge in [-0.1, -0.05) is 84.9 Å². The van der Waals surface area contributed by atoms with Gasteiger partial charge >= 0.3 is 0 Å². The fourth-order valence-electron chi connectivity index (χ4n) is 6.27. The first-order chi connectivity index (χ1) is 21.6. The maximum Gasteiger partial charge on any atom is 0.268 e. The summed E-state index contributed by atoms with van der Waals surface area (Å²) in [5, 5.41) is 11.5. The summed E-state index contributed by atoms with van der Waals surface area (Å²) in [7, 11) is 0. The lowest BCUT2D eigenvalue weighted by Crippen LogP contribution is -2.30. The zero-order chi connectivity index (χ0) is 29.8. The van der Waals surface area contributed by atoms with Crippen LogP contribution in [-0.4, -0.2) is 21.4 Å². The van der Waals surface area contributed by atoms with Gasteiger partial charge in [0.1, 0.15) is 6.07 Å². The molecule has 2 amide bonds. The Balaban J connectivity index is 1.35. The summed E-state index contributed by atoms with van der Waals surface area (Å²) in [6, 6.07) is 40.9. The Morgan fingerprint density at radius 3 is 2.16 bits per heavy atom. The second-order valence-corrected chi connectivity index (χ2v) is 10.7. The molecule has 5 aromatic carbocycles. The van der Waals surface area contributed by atoms with Gasteiger partial charge in [-0.3, -0.25) is 14.6 Å². The fraction of sp³-hybridized carbons (Fsp3) is 0. The molecule has 1 aliphatic heterocycles. The van der Waals surface area contributed by atoms with Gasteiger partial charge in [0.15, 0.2) is 0 Å². The number of pyridine rings is 1. The number of carbonyl (C=O) groups is 2. The number of amides is 2. The van der Waals surface area contributed by atoms with Crippen LogP contribution in [0.3, 0.4) is 0 Å². The second kappa shape index (κ2) is 9.90. The van der Waals surface area contributed by atoms with Crippen LogP contribution in [0.2, 0.25) is 0 Å². The minimum Gasteiger partial charge on any atom is -0.308 e. The van der Waals surface area contributed by atoms with Crippen LogP contribution in [0.1, 0.15) is 26.3 Å². The third-order valence-electron chi connectivity index (χ3n) is 8.24. The fourth-order valence-corrected chi connectivity index (χ4v) is 6.27. The highest BCUT2D eigenvalue weighted by atomic mass is 16.2. The summed E-state index contributed by atoms with van der Waals surface area (Å²) in [5.74, 6) is -0.715. The van der Waals surface area contributed by atoms with Crippen LogP contribution in [0.25, 0.3) is 49.7 Å². The highest BCUT2D eigenvalue weighted by molar-refractivity contribution is 6.36. The van der Waals surface area contributed by atoms with E-state index >= 15 is 0 Å². The number of fused-ring (bicyclic) bond motifs is 4. The number of hydrogen-bond donors (Lipinski definition) is 0. The van der Waals surface area contributed by atoms with Gasteiger partial charge in [-0.25, -0.2) is 4.90 Å². The molecule has 206 valence electrons. The molecule has 0 N–H and O–H groups in total. The van der Waals surface area contributed by atoms with Crippen LogP contribution < -0.4 is 4.90 Å². The molecule has 0 fully saturated rings. The average Bonchev–Trinajstić information content (AvgIpc) is 3.55. The van der Waals surface area contributed by atoms with E-state index in [-0.39, 0.29) is 11.8 Å². The molecular weight excluding hydrogens is 544 g/mol. The zero-order valence-electron chi connectivity index (χ0n) is 23.3. The van der Waals surface area contributed by atoms with Crippen molar-refractivity contribution in [2.24, 2.45) is 0 Å². The normalized spacial score (nSPS) is 12.6. The molecule has 0 saturated heterocycles. The topological polar surface area (TPSA) is 79.0 Å². The number of imide groups is 1.